The van der Waals surface area contributed by atoms with Crippen LogP contribution < -0.4 is 14.4 Å². The van der Waals surface area contributed by atoms with E-state index in [1.54, 1.807) is 24.3 Å². The smallest absolute Gasteiger partial charge is 0.240 e. The largest absolute Gasteiger partial charge is 0.497 e. The van der Waals surface area contributed by atoms with Gasteiger partial charge < -0.3 is 10.1 Å². The van der Waals surface area contributed by atoms with Crippen molar-refractivity contribution in [1.82, 2.24) is 5.32 Å². The molecule has 6 nitrogen and oxygen atoms in total. The first kappa shape index (κ1) is 14.6. The van der Waals surface area contributed by atoms with Crippen molar-refractivity contribution in [2.75, 3.05) is 24.2 Å². The van der Waals surface area contributed by atoms with Gasteiger partial charge in [0.05, 0.1) is 19.1 Å². The lowest BCUT2D eigenvalue weighted by molar-refractivity contribution is -0.119. The Balaban J connectivity index is 2.20. The number of amides is 1. The number of sulfonamides is 1. The van der Waals surface area contributed by atoms with Crippen molar-refractivity contribution in [1.29, 1.82) is 0 Å². The molecule has 0 radical (unpaired) electrons. The van der Waals surface area contributed by atoms with Crippen LogP contribution in [0.4, 0.5) is 5.69 Å². The first-order valence-corrected chi connectivity index (χ1v) is 8.16. The molecule has 1 saturated carbocycles. The molecule has 0 aromatic heterocycles. The normalized spacial score (nSPS) is 14.7. The molecule has 1 aliphatic rings. The molecule has 7 heteroatoms. The standard InChI is InChI=1S/C13H18N2O4S/c1-19-12-5-3-4-11(8-12)15(20(2,17)18)9-13(16)14-10-6-7-10/h3-5,8,10H,6-7,9H2,1-2H3,(H,14,16). The second kappa shape index (κ2) is 5.70. The van der Waals surface area contributed by atoms with E-state index >= 15 is 0 Å². The topological polar surface area (TPSA) is 75.7 Å². The first-order chi connectivity index (χ1) is 9.40. The van der Waals surface area contributed by atoms with Gasteiger partial charge in [0.1, 0.15) is 12.3 Å². The molecule has 1 amide bonds. The third-order valence-corrected chi connectivity index (χ3v) is 4.11. The number of rotatable bonds is 6. The molecule has 1 aliphatic carbocycles. The van der Waals surface area contributed by atoms with E-state index in [4.69, 9.17) is 4.74 Å². The lowest BCUT2D eigenvalue weighted by atomic mass is 10.3. The van der Waals surface area contributed by atoms with Crippen molar-refractivity contribution in [3.63, 3.8) is 0 Å². The Labute approximate surface area is 118 Å². The summed E-state index contributed by atoms with van der Waals surface area (Å²) in [5.41, 5.74) is 0.415. The molecule has 1 N–H and O–H groups in total. The van der Waals surface area contributed by atoms with Crippen molar-refractivity contribution < 1.29 is 17.9 Å². The molecule has 0 saturated heterocycles. The molecule has 0 aliphatic heterocycles. The fraction of sp³-hybridized carbons (Fsp3) is 0.462. The summed E-state index contributed by atoms with van der Waals surface area (Å²) in [7, 11) is -2.03. The van der Waals surface area contributed by atoms with Crippen LogP contribution in [0.5, 0.6) is 5.75 Å². The maximum Gasteiger partial charge on any atom is 0.240 e. The Morgan fingerprint density at radius 2 is 2.15 bits per heavy atom. The second-order valence-electron chi connectivity index (χ2n) is 4.81. The first-order valence-electron chi connectivity index (χ1n) is 6.31. The number of benzene rings is 1. The van der Waals surface area contributed by atoms with Crippen molar-refractivity contribution in [2.24, 2.45) is 0 Å². The number of ether oxygens (including phenoxy) is 1. The number of hydrogen-bond acceptors (Lipinski definition) is 4. The van der Waals surface area contributed by atoms with Gasteiger partial charge in [0.25, 0.3) is 0 Å². The molecular formula is C13H18N2O4S. The van der Waals surface area contributed by atoms with Gasteiger partial charge >= 0.3 is 0 Å². The molecule has 0 unspecified atom stereocenters. The summed E-state index contributed by atoms with van der Waals surface area (Å²) < 4.78 is 29.9. The second-order valence-corrected chi connectivity index (χ2v) is 6.72. The Morgan fingerprint density at radius 3 is 2.70 bits per heavy atom. The summed E-state index contributed by atoms with van der Waals surface area (Å²) >= 11 is 0. The van der Waals surface area contributed by atoms with Gasteiger partial charge in [-0.25, -0.2) is 8.42 Å². The van der Waals surface area contributed by atoms with E-state index in [1.807, 2.05) is 0 Å². The third-order valence-electron chi connectivity index (χ3n) is 2.97. The average Bonchev–Trinajstić information content (AvgIpc) is 3.18. The molecule has 1 aromatic carbocycles. The van der Waals surface area contributed by atoms with Crippen LogP contribution in [-0.2, 0) is 14.8 Å². The molecule has 0 spiro atoms. The molecule has 0 atom stereocenters. The summed E-state index contributed by atoms with van der Waals surface area (Å²) in [6.45, 7) is -0.220. The Bertz CT molecular complexity index is 596. The Kier molecular flexibility index (Phi) is 4.17. The summed E-state index contributed by atoms with van der Waals surface area (Å²) in [6.07, 6.45) is 3.00. The number of carbonyl (C=O) groups is 1. The van der Waals surface area contributed by atoms with Gasteiger partial charge in [-0.05, 0) is 25.0 Å². The highest BCUT2D eigenvalue weighted by atomic mass is 32.2. The van der Waals surface area contributed by atoms with E-state index in [0.717, 1.165) is 23.4 Å². The lowest BCUT2D eigenvalue weighted by Gasteiger charge is -2.22. The minimum atomic E-state index is -3.54. The zero-order chi connectivity index (χ0) is 14.8. The fourth-order valence-electron chi connectivity index (χ4n) is 1.80. The summed E-state index contributed by atoms with van der Waals surface area (Å²) in [5, 5.41) is 2.78. The number of anilines is 1. The van der Waals surface area contributed by atoms with E-state index in [1.165, 1.54) is 7.11 Å². The number of carbonyl (C=O) groups excluding carboxylic acids is 1. The summed E-state index contributed by atoms with van der Waals surface area (Å²) in [5.74, 6) is 0.250. The number of methoxy groups -OCH3 is 1. The number of hydrogen-bond donors (Lipinski definition) is 1. The molecule has 1 fully saturated rings. The maximum atomic E-state index is 11.9. The predicted molar refractivity (Wildman–Crippen MR) is 76.3 cm³/mol. The monoisotopic (exact) mass is 298 g/mol. The van der Waals surface area contributed by atoms with E-state index in [0.29, 0.717) is 11.4 Å². The Morgan fingerprint density at radius 1 is 1.45 bits per heavy atom. The van der Waals surface area contributed by atoms with E-state index in [9.17, 15) is 13.2 Å². The lowest BCUT2D eigenvalue weighted by Crippen LogP contribution is -2.41. The zero-order valence-electron chi connectivity index (χ0n) is 11.5. The van der Waals surface area contributed by atoms with E-state index in [2.05, 4.69) is 5.32 Å². The molecule has 2 rings (SSSR count). The summed E-state index contributed by atoms with van der Waals surface area (Å²) in [6, 6.07) is 6.83. The molecular weight excluding hydrogens is 280 g/mol. The highest BCUT2D eigenvalue weighted by Gasteiger charge is 2.26. The maximum absolute atomic E-state index is 11.9. The van der Waals surface area contributed by atoms with Crippen molar-refractivity contribution in [3.05, 3.63) is 24.3 Å². The van der Waals surface area contributed by atoms with Crippen molar-refractivity contribution in [3.8, 4) is 5.75 Å². The number of nitrogens with zero attached hydrogens (tertiary/aromatic N) is 1. The number of nitrogens with one attached hydrogen (secondary N) is 1. The van der Waals surface area contributed by atoms with Crippen LogP contribution in [-0.4, -0.2) is 40.3 Å². The summed E-state index contributed by atoms with van der Waals surface area (Å²) in [4.78, 5) is 11.8. The van der Waals surface area contributed by atoms with Gasteiger partial charge in [0.2, 0.25) is 15.9 Å². The van der Waals surface area contributed by atoms with Crippen molar-refractivity contribution >= 4 is 21.6 Å². The van der Waals surface area contributed by atoms with Gasteiger partial charge in [0.15, 0.2) is 0 Å². The Hall–Kier alpha value is -1.76. The van der Waals surface area contributed by atoms with Gasteiger partial charge in [-0.15, -0.1) is 0 Å². The van der Waals surface area contributed by atoms with Crippen LogP contribution in [0.2, 0.25) is 0 Å². The van der Waals surface area contributed by atoms with Gasteiger partial charge in [-0.2, -0.15) is 0 Å². The van der Waals surface area contributed by atoms with Crippen LogP contribution in [0.3, 0.4) is 0 Å². The molecule has 1 aromatic rings. The highest BCUT2D eigenvalue weighted by molar-refractivity contribution is 7.92. The van der Waals surface area contributed by atoms with Gasteiger partial charge in [-0.3, -0.25) is 9.10 Å². The zero-order valence-corrected chi connectivity index (χ0v) is 12.3. The molecule has 0 bridgehead atoms. The molecule has 20 heavy (non-hydrogen) atoms. The van der Waals surface area contributed by atoms with Crippen LogP contribution in [0, 0.1) is 0 Å². The van der Waals surface area contributed by atoms with E-state index in [-0.39, 0.29) is 18.5 Å². The van der Waals surface area contributed by atoms with Crippen LogP contribution in [0.15, 0.2) is 24.3 Å². The highest BCUT2D eigenvalue weighted by Crippen LogP contribution is 2.23. The quantitative estimate of drug-likeness (QED) is 0.840. The average molecular weight is 298 g/mol. The molecule has 110 valence electrons. The van der Waals surface area contributed by atoms with Crippen LogP contribution in [0.1, 0.15) is 12.8 Å². The van der Waals surface area contributed by atoms with Crippen LogP contribution >= 0.6 is 0 Å². The predicted octanol–water partition coefficient (Wildman–Crippen LogP) is 0.740. The minimum Gasteiger partial charge on any atom is -0.497 e. The SMILES string of the molecule is COc1cccc(N(CC(=O)NC2CC2)S(C)(=O)=O)c1. The fourth-order valence-corrected chi connectivity index (χ4v) is 2.65. The third kappa shape index (κ3) is 3.86. The minimum absolute atomic E-state index is 0.203. The van der Waals surface area contributed by atoms with E-state index < -0.39 is 10.0 Å². The van der Waals surface area contributed by atoms with Crippen molar-refractivity contribution in [2.45, 2.75) is 18.9 Å². The molecule has 0 heterocycles. The van der Waals surface area contributed by atoms with Crippen LogP contribution in [0.25, 0.3) is 0 Å². The van der Waals surface area contributed by atoms with Gasteiger partial charge in [-0.1, -0.05) is 6.07 Å². The van der Waals surface area contributed by atoms with Gasteiger partial charge in [0, 0.05) is 12.1 Å².